The zero-order valence-corrected chi connectivity index (χ0v) is 14.7. The van der Waals surface area contributed by atoms with E-state index in [-0.39, 0.29) is 11.9 Å². The van der Waals surface area contributed by atoms with E-state index in [9.17, 15) is 4.79 Å². The normalized spacial score (nSPS) is 18.3. The standard InChI is InChI=1S/C17H24N4OS/c1-13-11-14(2)21(19-13)12-15-5-3-4-9-20(15)17(22)7-6-16-18-8-10-23-16/h8,10-11,15H,3-7,9,12H2,1-2H3/t15-/m0/s1. The minimum Gasteiger partial charge on any atom is -0.338 e. The van der Waals surface area contributed by atoms with Crippen molar-refractivity contribution in [3.63, 3.8) is 0 Å². The number of aromatic nitrogens is 3. The van der Waals surface area contributed by atoms with Crippen molar-refractivity contribution < 1.29 is 4.79 Å². The molecule has 0 N–H and O–H groups in total. The molecule has 3 rings (SSSR count). The van der Waals surface area contributed by atoms with Gasteiger partial charge < -0.3 is 4.90 Å². The van der Waals surface area contributed by atoms with Crippen molar-refractivity contribution in [1.29, 1.82) is 0 Å². The number of amides is 1. The summed E-state index contributed by atoms with van der Waals surface area (Å²) in [5, 5.41) is 7.57. The molecule has 0 aliphatic carbocycles. The molecule has 1 aliphatic heterocycles. The van der Waals surface area contributed by atoms with Gasteiger partial charge in [-0.15, -0.1) is 11.3 Å². The van der Waals surface area contributed by atoms with Crippen LogP contribution in [0.4, 0.5) is 0 Å². The third kappa shape index (κ3) is 3.99. The van der Waals surface area contributed by atoms with Crippen LogP contribution in [0.1, 0.15) is 42.1 Å². The predicted octanol–water partition coefficient (Wildman–Crippen LogP) is 2.97. The highest BCUT2D eigenvalue weighted by Gasteiger charge is 2.27. The molecule has 0 spiro atoms. The highest BCUT2D eigenvalue weighted by atomic mass is 32.1. The van der Waals surface area contributed by atoms with Crippen molar-refractivity contribution in [3.05, 3.63) is 34.0 Å². The number of aryl methyl sites for hydroxylation is 3. The van der Waals surface area contributed by atoms with Gasteiger partial charge in [0, 0.05) is 36.7 Å². The molecule has 0 aromatic carbocycles. The average Bonchev–Trinajstić information content (AvgIpc) is 3.15. The van der Waals surface area contributed by atoms with Gasteiger partial charge >= 0.3 is 0 Å². The van der Waals surface area contributed by atoms with E-state index < -0.39 is 0 Å². The maximum atomic E-state index is 12.7. The largest absolute Gasteiger partial charge is 0.338 e. The first kappa shape index (κ1) is 16.2. The van der Waals surface area contributed by atoms with Gasteiger partial charge in [-0.1, -0.05) is 0 Å². The summed E-state index contributed by atoms with van der Waals surface area (Å²) in [5.74, 6) is 0.256. The summed E-state index contributed by atoms with van der Waals surface area (Å²) in [7, 11) is 0. The number of carbonyl (C=O) groups excluding carboxylic acids is 1. The second-order valence-corrected chi connectivity index (χ2v) is 7.25. The molecular weight excluding hydrogens is 308 g/mol. The first-order chi connectivity index (χ1) is 11.1. The van der Waals surface area contributed by atoms with Gasteiger partial charge in [-0.2, -0.15) is 5.10 Å². The summed E-state index contributed by atoms with van der Waals surface area (Å²) in [5.41, 5.74) is 2.21. The van der Waals surface area contributed by atoms with Gasteiger partial charge in [0.15, 0.2) is 0 Å². The fraction of sp³-hybridized carbons (Fsp3) is 0.588. The molecule has 124 valence electrons. The summed E-state index contributed by atoms with van der Waals surface area (Å²) in [6.07, 6.45) is 6.48. The molecule has 23 heavy (non-hydrogen) atoms. The number of hydrogen-bond acceptors (Lipinski definition) is 4. The topological polar surface area (TPSA) is 51.0 Å². The van der Waals surface area contributed by atoms with Crippen LogP contribution >= 0.6 is 11.3 Å². The molecular formula is C17H24N4OS. The quantitative estimate of drug-likeness (QED) is 0.846. The Kier molecular flexibility index (Phi) is 5.10. The van der Waals surface area contributed by atoms with Crippen LogP contribution in [0.3, 0.4) is 0 Å². The lowest BCUT2D eigenvalue weighted by atomic mass is 10.0. The molecule has 1 atom stereocenters. The molecule has 1 fully saturated rings. The molecule has 3 heterocycles. The number of rotatable bonds is 5. The van der Waals surface area contributed by atoms with E-state index in [0.717, 1.165) is 43.1 Å². The number of piperidine rings is 1. The summed E-state index contributed by atoms with van der Waals surface area (Å²) in [4.78, 5) is 19.0. The van der Waals surface area contributed by atoms with Crippen LogP contribution in [0.25, 0.3) is 0 Å². The molecule has 0 radical (unpaired) electrons. The Labute approximate surface area is 141 Å². The molecule has 0 saturated carbocycles. The SMILES string of the molecule is Cc1cc(C)n(C[C@@H]2CCCCN2C(=O)CCc2nccs2)n1. The minimum atomic E-state index is 0.256. The number of carbonyl (C=O) groups is 1. The minimum absolute atomic E-state index is 0.256. The summed E-state index contributed by atoms with van der Waals surface area (Å²) in [6.45, 7) is 5.78. The molecule has 1 saturated heterocycles. The van der Waals surface area contributed by atoms with Gasteiger partial charge in [0.2, 0.25) is 5.91 Å². The molecule has 2 aromatic heterocycles. The van der Waals surface area contributed by atoms with Crippen LogP contribution in [-0.4, -0.2) is 38.2 Å². The third-order valence-electron chi connectivity index (χ3n) is 4.47. The summed E-state index contributed by atoms with van der Waals surface area (Å²) < 4.78 is 2.05. The average molecular weight is 332 g/mol. The summed E-state index contributed by atoms with van der Waals surface area (Å²) >= 11 is 1.62. The van der Waals surface area contributed by atoms with E-state index >= 15 is 0 Å². The van der Waals surface area contributed by atoms with Gasteiger partial charge in [0.1, 0.15) is 0 Å². The monoisotopic (exact) mass is 332 g/mol. The van der Waals surface area contributed by atoms with Gasteiger partial charge in [0.25, 0.3) is 0 Å². The van der Waals surface area contributed by atoms with E-state index in [1.165, 1.54) is 12.1 Å². The van der Waals surface area contributed by atoms with E-state index in [4.69, 9.17) is 0 Å². The number of nitrogens with zero attached hydrogens (tertiary/aromatic N) is 4. The Hall–Kier alpha value is -1.69. The maximum Gasteiger partial charge on any atom is 0.223 e. The van der Waals surface area contributed by atoms with E-state index in [0.29, 0.717) is 6.42 Å². The van der Waals surface area contributed by atoms with Gasteiger partial charge in [-0.25, -0.2) is 4.98 Å². The lowest BCUT2D eigenvalue weighted by molar-refractivity contribution is -0.135. The third-order valence-corrected chi connectivity index (χ3v) is 5.31. The zero-order valence-electron chi connectivity index (χ0n) is 13.9. The highest BCUT2D eigenvalue weighted by Crippen LogP contribution is 2.21. The Balaban J connectivity index is 1.63. The molecule has 2 aromatic rings. The Morgan fingerprint density at radius 3 is 2.96 bits per heavy atom. The Morgan fingerprint density at radius 1 is 1.39 bits per heavy atom. The second-order valence-electron chi connectivity index (χ2n) is 6.27. The van der Waals surface area contributed by atoms with Crippen LogP contribution in [0.15, 0.2) is 17.6 Å². The molecule has 0 unspecified atom stereocenters. The van der Waals surface area contributed by atoms with E-state index in [1.807, 2.05) is 17.0 Å². The van der Waals surface area contributed by atoms with Crippen molar-refractivity contribution in [3.8, 4) is 0 Å². The fourth-order valence-corrected chi connectivity index (χ4v) is 3.93. The van der Waals surface area contributed by atoms with Crippen molar-refractivity contribution in [2.75, 3.05) is 6.54 Å². The first-order valence-corrected chi connectivity index (χ1v) is 9.20. The molecule has 1 amide bonds. The van der Waals surface area contributed by atoms with Crippen molar-refractivity contribution >= 4 is 17.2 Å². The zero-order chi connectivity index (χ0) is 16.2. The highest BCUT2D eigenvalue weighted by molar-refractivity contribution is 7.09. The first-order valence-electron chi connectivity index (χ1n) is 8.32. The van der Waals surface area contributed by atoms with Gasteiger partial charge in [0.05, 0.1) is 23.3 Å². The maximum absolute atomic E-state index is 12.7. The lowest BCUT2D eigenvalue weighted by Crippen LogP contribution is -2.46. The fourth-order valence-electron chi connectivity index (χ4n) is 3.31. The Morgan fingerprint density at radius 2 is 2.26 bits per heavy atom. The van der Waals surface area contributed by atoms with Crippen molar-refractivity contribution in [2.45, 2.75) is 58.5 Å². The Bertz CT molecular complexity index is 650. The van der Waals surface area contributed by atoms with Crippen molar-refractivity contribution in [1.82, 2.24) is 19.7 Å². The molecule has 0 bridgehead atoms. The number of likely N-dealkylation sites (tertiary alicyclic amines) is 1. The van der Waals surface area contributed by atoms with Crippen LogP contribution in [0.5, 0.6) is 0 Å². The molecule has 6 heteroatoms. The van der Waals surface area contributed by atoms with Crippen molar-refractivity contribution in [2.24, 2.45) is 0 Å². The number of hydrogen-bond donors (Lipinski definition) is 0. The van der Waals surface area contributed by atoms with Gasteiger partial charge in [-0.3, -0.25) is 9.48 Å². The van der Waals surface area contributed by atoms with Crippen LogP contribution < -0.4 is 0 Å². The van der Waals surface area contributed by atoms with Crippen LogP contribution in [-0.2, 0) is 17.8 Å². The number of thiazole rings is 1. The van der Waals surface area contributed by atoms with E-state index in [2.05, 4.69) is 28.0 Å². The van der Waals surface area contributed by atoms with Crippen LogP contribution in [0.2, 0.25) is 0 Å². The molecule has 5 nitrogen and oxygen atoms in total. The smallest absolute Gasteiger partial charge is 0.223 e. The molecule has 1 aliphatic rings. The lowest BCUT2D eigenvalue weighted by Gasteiger charge is -2.36. The second kappa shape index (κ2) is 7.25. The predicted molar refractivity (Wildman–Crippen MR) is 91.5 cm³/mol. The van der Waals surface area contributed by atoms with Gasteiger partial charge in [-0.05, 0) is 39.2 Å². The summed E-state index contributed by atoms with van der Waals surface area (Å²) in [6, 6.07) is 2.36. The van der Waals surface area contributed by atoms with Crippen LogP contribution in [0, 0.1) is 13.8 Å². The van der Waals surface area contributed by atoms with E-state index in [1.54, 1.807) is 17.5 Å².